The molecule has 1 aliphatic rings. The molecule has 0 spiro atoms. The molecule has 3 rings (SSSR count). The van der Waals surface area contributed by atoms with Gasteiger partial charge in [0.2, 0.25) is 0 Å². The number of hydrogen-bond donors (Lipinski definition) is 1. The van der Waals surface area contributed by atoms with E-state index in [2.05, 4.69) is 35.2 Å². The summed E-state index contributed by atoms with van der Waals surface area (Å²) in [7, 11) is 0. The van der Waals surface area contributed by atoms with E-state index in [-0.39, 0.29) is 6.04 Å². The molecule has 128 valence electrons. The first kappa shape index (κ1) is 17.3. The number of ether oxygens (including phenoxy) is 1. The number of piperidine rings is 1. The van der Waals surface area contributed by atoms with Gasteiger partial charge >= 0.3 is 0 Å². The highest BCUT2D eigenvalue weighted by Crippen LogP contribution is 2.29. The Morgan fingerprint density at radius 3 is 2.58 bits per heavy atom. The Bertz CT molecular complexity index is 659. The minimum atomic E-state index is 0.192. The number of nitrogens with zero attached hydrogens (tertiary/aromatic N) is 1. The zero-order chi connectivity index (χ0) is 16.9. The largest absolute Gasteiger partial charge is 0.494 e. The van der Waals surface area contributed by atoms with Crippen molar-refractivity contribution in [2.45, 2.75) is 31.8 Å². The van der Waals surface area contributed by atoms with Crippen LogP contribution in [-0.2, 0) is 6.54 Å². The SMILES string of the molecule is CCOc1ccc(C2CC(N)CN(Cc3ccccc3Cl)C2)cc1. The van der Waals surface area contributed by atoms with Crippen LogP contribution in [0.1, 0.15) is 30.4 Å². The van der Waals surface area contributed by atoms with Gasteiger partial charge in [-0.1, -0.05) is 41.9 Å². The maximum atomic E-state index is 6.32. The molecule has 2 aromatic rings. The lowest BCUT2D eigenvalue weighted by molar-refractivity contribution is 0.181. The van der Waals surface area contributed by atoms with Crippen molar-refractivity contribution in [2.24, 2.45) is 5.73 Å². The predicted molar refractivity (Wildman–Crippen MR) is 99.7 cm³/mol. The molecular formula is C20H25ClN2O. The molecule has 0 amide bonds. The topological polar surface area (TPSA) is 38.5 Å². The van der Waals surface area contributed by atoms with Gasteiger partial charge in [-0.3, -0.25) is 4.90 Å². The van der Waals surface area contributed by atoms with Gasteiger partial charge in [0.1, 0.15) is 5.75 Å². The number of rotatable bonds is 5. The summed E-state index contributed by atoms with van der Waals surface area (Å²) in [5, 5.41) is 0.828. The summed E-state index contributed by atoms with van der Waals surface area (Å²) in [5.74, 6) is 1.38. The van der Waals surface area contributed by atoms with E-state index >= 15 is 0 Å². The van der Waals surface area contributed by atoms with Gasteiger partial charge in [0.25, 0.3) is 0 Å². The Morgan fingerprint density at radius 2 is 1.88 bits per heavy atom. The zero-order valence-corrected chi connectivity index (χ0v) is 14.9. The Balaban J connectivity index is 1.70. The fourth-order valence-corrected chi connectivity index (χ4v) is 3.67. The van der Waals surface area contributed by atoms with E-state index in [4.69, 9.17) is 22.1 Å². The summed E-state index contributed by atoms with van der Waals surface area (Å²) >= 11 is 6.31. The van der Waals surface area contributed by atoms with Gasteiger partial charge in [-0.05, 0) is 48.6 Å². The Hall–Kier alpha value is -1.55. The second-order valence-electron chi connectivity index (χ2n) is 6.48. The molecule has 1 aliphatic heterocycles. The van der Waals surface area contributed by atoms with Gasteiger partial charge in [0, 0.05) is 30.7 Å². The fourth-order valence-electron chi connectivity index (χ4n) is 3.47. The molecule has 1 saturated heterocycles. The zero-order valence-electron chi connectivity index (χ0n) is 14.1. The van der Waals surface area contributed by atoms with Gasteiger partial charge in [-0.15, -0.1) is 0 Å². The highest BCUT2D eigenvalue weighted by Gasteiger charge is 2.26. The standard InChI is InChI=1S/C20H25ClN2O/c1-2-24-19-9-7-15(8-10-19)17-11-18(22)14-23(13-17)12-16-5-3-4-6-20(16)21/h3-10,17-18H,2,11-14,22H2,1H3. The van der Waals surface area contributed by atoms with Crippen LogP contribution in [-0.4, -0.2) is 30.6 Å². The predicted octanol–water partition coefficient (Wildman–Crippen LogP) is 4.06. The van der Waals surface area contributed by atoms with E-state index < -0.39 is 0 Å². The molecule has 0 aromatic heterocycles. The van der Waals surface area contributed by atoms with Crippen molar-refractivity contribution in [3.05, 3.63) is 64.7 Å². The van der Waals surface area contributed by atoms with Crippen molar-refractivity contribution in [1.29, 1.82) is 0 Å². The Kier molecular flexibility index (Phi) is 5.77. The lowest BCUT2D eigenvalue weighted by atomic mass is 9.88. The number of benzene rings is 2. The first-order valence-corrected chi connectivity index (χ1v) is 8.97. The van der Waals surface area contributed by atoms with E-state index in [0.717, 1.165) is 36.8 Å². The van der Waals surface area contributed by atoms with Gasteiger partial charge in [0.05, 0.1) is 6.61 Å². The smallest absolute Gasteiger partial charge is 0.119 e. The molecule has 1 heterocycles. The molecule has 4 heteroatoms. The quantitative estimate of drug-likeness (QED) is 0.889. The summed E-state index contributed by atoms with van der Waals surface area (Å²) < 4.78 is 5.53. The third-order valence-corrected chi connectivity index (χ3v) is 4.94. The molecule has 2 unspecified atom stereocenters. The average molecular weight is 345 g/mol. The number of hydrogen-bond acceptors (Lipinski definition) is 3. The van der Waals surface area contributed by atoms with Crippen molar-refractivity contribution in [1.82, 2.24) is 4.90 Å². The lowest BCUT2D eigenvalue weighted by Gasteiger charge is -2.36. The van der Waals surface area contributed by atoms with Crippen LogP contribution in [0, 0.1) is 0 Å². The van der Waals surface area contributed by atoms with Crippen molar-refractivity contribution >= 4 is 11.6 Å². The number of likely N-dealkylation sites (tertiary alicyclic amines) is 1. The molecule has 0 saturated carbocycles. The molecule has 0 aliphatic carbocycles. The van der Waals surface area contributed by atoms with Gasteiger partial charge in [-0.2, -0.15) is 0 Å². The summed E-state index contributed by atoms with van der Waals surface area (Å²) in [6.45, 7) is 5.46. The number of halogens is 1. The maximum absolute atomic E-state index is 6.32. The fraction of sp³-hybridized carbons (Fsp3) is 0.400. The van der Waals surface area contributed by atoms with Crippen LogP contribution in [0.2, 0.25) is 5.02 Å². The molecule has 3 nitrogen and oxygen atoms in total. The number of nitrogens with two attached hydrogens (primary N) is 1. The van der Waals surface area contributed by atoms with Crippen LogP contribution in [0.4, 0.5) is 0 Å². The van der Waals surface area contributed by atoms with Gasteiger partial charge in [0.15, 0.2) is 0 Å². The van der Waals surface area contributed by atoms with Crippen LogP contribution in [0.3, 0.4) is 0 Å². The first-order chi connectivity index (χ1) is 11.7. The van der Waals surface area contributed by atoms with E-state index in [1.165, 1.54) is 11.1 Å². The third kappa shape index (κ3) is 4.29. The molecule has 2 atom stereocenters. The second kappa shape index (κ2) is 8.02. The van der Waals surface area contributed by atoms with Crippen molar-refractivity contribution < 1.29 is 4.74 Å². The third-order valence-electron chi connectivity index (χ3n) is 4.57. The molecule has 24 heavy (non-hydrogen) atoms. The monoisotopic (exact) mass is 344 g/mol. The van der Waals surface area contributed by atoms with Crippen LogP contribution >= 0.6 is 11.6 Å². The van der Waals surface area contributed by atoms with Crippen LogP contribution < -0.4 is 10.5 Å². The summed E-state index contributed by atoms with van der Waals surface area (Å²) in [6.07, 6.45) is 1.02. The van der Waals surface area contributed by atoms with E-state index in [0.29, 0.717) is 12.5 Å². The average Bonchev–Trinajstić information content (AvgIpc) is 2.57. The second-order valence-corrected chi connectivity index (χ2v) is 6.89. The molecular weight excluding hydrogens is 320 g/mol. The van der Waals surface area contributed by atoms with Crippen molar-refractivity contribution in [3.8, 4) is 5.75 Å². The van der Waals surface area contributed by atoms with Crippen LogP contribution in [0.5, 0.6) is 5.75 Å². The van der Waals surface area contributed by atoms with Crippen LogP contribution in [0.15, 0.2) is 48.5 Å². The van der Waals surface area contributed by atoms with E-state index in [9.17, 15) is 0 Å². The highest BCUT2D eigenvalue weighted by molar-refractivity contribution is 6.31. The summed E-state index contributed by atoms with van der Waals surface area (Å²) in [4.78, 5) is 2.41. The summed E-state index contributed by atoms with van der Waals surface area (Å²) in [6, 6.07) is 16.7. The minimum Gasteiger partial charge on any atom is -0.494 e. The van der Waals surface area contributed by atoms with Gasteiger partial charge in [-0.25, -0.2) is 0 Å². The maximum Gasteiger partial charge on any atom is 0.119 e. The molecule has 2 aromatic carbocycles. The van der Waals surface area contributed by atoms with Crippen molar-refractivity contribution in [3.63, 3.8) is 0 Å². The Morgan fingerprint density at radius 1 is 1.12 bits per heavy atom. The lowest BCUT2D eigenvalue weighted by Crippen LogP contribution is -2.45. The van der Waals surface area contributed by atoms with E-state index in [1.54, 1.807) is 0 Å². The Labute approximate surface area is 149 Å². The summed E-state index contributed by atoms with van der Waals surface area (Å²) in [5.41, 5.74) is 8.82. The molecule has 2 N–H and O–H groups in total. The highest BCUT2D eigenvalue weighted by atomic mass is 35.5. The molecule has 0 bridgehead atoms. The molecule has 0 radical (unpaired) electrons. The first-order valence-electron chi connectivity index (χ1n) is 8.59. The van der Waals surface area contributed by atoms with Gasteiger partial charge < -0.3 is 10.5 Å². The van der Waals surface area contributed by atoms with E-state index in [1.807, 2.05) is 25.1 Å². The normalized spacial score (nSPS) is 21.6. The molecule has 1 fully saturated rings. The minimum absolute atomic E-state index is 0.192. The van der Waals surface area contributed by atoms with Crippen molar-refractivity contribution in [2.75, 3.05) is 19.7 Å². The van der Waals surface area contributed by atoms with Crippen LogP contribution in [0.25, 0.3) is 0 Å².